The minimum atomic E-state index is -0.721. The van der Waals surface area contributed by atoms with Crippen LogP contribution in [-0.2, 0) is 6.54 Å². The fraction of sp³-hybridized carbons (Fsp3) is 0.571. The Hall–Kier alpha value is -1.46. The zero-order valence-corrected chi connectivity index (χ0v) is 11.3. The Kier molecular flexibility index (Phi) is 4.17. The molecule has 3 N–H and O–H groups in total. The monoisotopic (exact) mass is 263 g/mol. The molecule has 0 aromatic carbocycles. The highest BCUT2D eigenvalue weighted by molar-refractivity contribution is 5.92. The van der Waals surface area contributed by atoms with Crippen LogP contribution in [0.2, 0.25) is 0 Å². The molecule has 1 amide bonds. The van der Waals surface area contributed by atoms with Crippen molar-refractivity contribution < 1.29 is 9.90 Å². The zero-order valence-electron chi connectivity index (χ0n) is 11.3. The molecule has 1 aliphatic rings. The third kappa shape index (κ3) is 3.30. The summed E-state index contributed by atoms with van der Waals surface area (Å²) in [7, 11) is 1.71. The molecule has 0 aliphatic heterocycles. The molecule has 104 valence electrons. The molecule has 1 fully saturated rings. The Morgan fingerprint density at radius 1 is 1.47 bits per heavy atom. The summed E-state index contributed by atoms with van der Waals surface area (Å²) in [6, 6.07) is 3.48. The van der Waals surface area contributed by atoms with E-state index in [4.69, 9.17) is 5.73 Å². The first kappa shape index (κ1) is 14.0. The van der Waals surface area contributed by atoms with Gasteiger partial charge < -0.3 is 15.7 Å². The van der Waals surface area contributed by atoms with Crippen LogP contribution in [0.25, 0.3) is 0 Å². The molecule has 1 aliphatic carbocycles. The molecule has 5 heteroatoms. The number of carbonyl (C=O) groups is 1. The van der Waals surface area contributed by atoms with Gasteiger partial charge in [0.2, 0.25) is 0 Å². The summed E-state index contributed by atoms with van der Waals surface area (Å²) in [6.45, 7) is 0.781. The van der Waals surface area contributed by atoms with Crippen molar-refractivity contribution >= 4 is 5.91 Å². The lowest BCUT2D eigenvalue weighted by atomic mass is 10.0. The van der Waals surface area contributed by atoms with E-state index in [1.807, 2.05) is 0 Å². The second-order valence-electron chi connectivity index (χ2n) is 5.35. The number of aromatic nitrogens is 1. The van der Waals surface area contributed by atoms with Gasteiger partial charge >= 0.3 is 0 Å². The third-order valence-corrected chi connectivity index (χ3v) is 3.69. The van der Waals surface area contributed by atoms with Gasteiger partial charge in [-0.05, 0) is 24.5 Å². The number of nitrogens with two attached hydrogens (primary N) is 1. The fourth-order valence-corrected chi connectivity index (χ4v) is 2.57. The molecule has 0 bridgehead atoms. The molecule has 0 radical (unpaired) electrons. The first-order chi connectivity index (χ1) is 9.04. The lowest BCUT2D eigenvalue weighted by molar-refractivity contribution is 0.0155. The highest BCUT2D eigenvalue weighted by Gasteiger charge is 2.33. The molecule has 0 unspecified atom stereocenters. The Labute approximate surface area is 113 Å². The number of aliphatic hydroxyl groups is 1. The number of rotatable bonds is 4. The number of nitrogens with zero attached hydrogens (tertiary/aromatic N) is 2. The van der Waals surface area contributed by atoms with Crippen LogP contribution in [0.5, 0.6) is 0 Å². The predicted molar refractivity (Wildman–Crippen MR) is 72.5 cm³/mol. The van der Waals surface area contributed by atoms with E-state index in [-0.39, 0.29) is 5.91 Å². The highest BCUT2D eigenvalue weighted by atomic mass is 16.3. The Morgan fingerprint density at radius 3 is 2.68 bits per heavy atom. The van der Waals surface area contributed by atoms with Crippen LogP contribution in [0.3, 0.4) is 0 Å². The van der Waals surface area contributed by atoms with Gasteiger partial charge in [-0.25, -0.2) is 0 Å². The average molecular weight is 263 g/mol. The second kappa shape index (κ2) is 5.67. The van der Waals surface area contributed by atoms with Gasteiger partial charge in [0.05, 0.1) is 5.60 Å². The molecular weight excluding hydrogens is 242 g/mol. The van der Waals surface area contributed by atoms with Crippen LogP contribution in [-0.4, -0.2) is 40.1 Å². The van der Waals surface area contributed by atoms with Gasteiger partial charge in [-0.15, -0.1) is 0 Å². The van der Waals surface area contributed by atoms with Crippen molar-refractivity contribution in [2.45, 2.75) is 37.8 Å². The average Bonchev–Trinajstić information content (AvgIpc) is 2.84. The molecule has 0 atom stereocenters. The van der Waals surface area contributed by atoms with Crippen LogP contribution >= 0.6 is 0 Å². The smallest absolute Gasteiger partial charge is 0.272 e. The summed E-state index contributed by atoms with van der Waals surface area (Å²) in [6.07, 6.45) is 5.21. The molecule has 1 saturated carbocycles. The van der Waals surface area contributed by atoms with Gasteiger partial charge in [0.1, 0.15) is 5.69 Å². The Bertz CT molecular complexity index is 439. The number of pyridine rings is 1. The van der Waals surface area contributed by atoms with E-state index < -0.39 is 5.60 Å². The van der Waals surface area contributed by atoms with E-state index in [0.29, 0.717) is 18.8 Å². The summed E-state index contributed by atoms with van der Waals surface area (Å²) in [5.41, 5.74) is 6.06. The number of amides is 1. The van der Waals surface area contributed by atoms with E-state index >= 15 is 0 Å². The van der Waals surface area contributed by atoms with Crippen LogP contribution in [0, 0.1) is 0 Å². The van der Waals surface area contributed by atoms with Crippen molar-refractivity contribution in [3.05, 3.63) is 29.6 Å². The normalized spacial score (nSPS) is 17.4. The van der Waals surface area contributed by atoms with Crippen molar-refractivity contribution in [2.75, 3.05) is 13.6 Å². The minimum absolute atomic E-state index is 0.163. The minimum Gasteiger partial charge on any atom is -0.388 e. The first-order valence-electron chi connectivity index (χ1n) is 6.67. The maximum atomic E-state index is 12.2. The van der Waals surface area contributed by atoms with Crippen molar-refractivity contribution in [2.24, 2.45) is 5.73 Å². The lowest BCUT2D eigenvalue weighted by Gasteiger charge is -2.28. The summed E-state index contributed by atoms with van der Waals surface area (Å²) in [4.78, 5) is 17.9. The maximum Gasteiger partial charge on any atom is 0.272 e. The summed E-state index contributed by atoms with van der Waals surface area (Å²) < 4.78 is 0. The number of hydrogen-bond donors (Lipinski definition) is 2. The number of carbonyl (C=O) groups excluding carboxylic acids is 1. The van der Waals surface area contributed by atoms with E-state index in [1.165, 1.54) is 0 Å². The van der Waals surface area contributed by atoms with Crippen molar-refractivity contribution in [1.29, 1.82) is 0 Å². The molecular formula is C14H21N3O2. The molecule has 2 rings (SSSR count). The third-order valence-electron chi connectivity index (χ3n) is 3.69. The molecule has 5 nitrogen and oxygen atoms in total. The fourth-order valence-electron chi connectivity index (χ4n) is 2.57. The van der Waals surface area contributed by atoms with Gasteiger partial charge in [-0.2, -0.15) is 0 Å². The standard InChI is InChI=1S/C14H21N3O2/c1-17(10-14(19)6-2-3-7-14)13(18)12-5-4-11(8-15)9-16-12/h4-5,9,19H,2-3,6-8,10,15H2,1H3. The largest absolute Gasteiger partial charge is 0.388 e. The van der Waals surface area contributed by atoms with E-state index in [0.717, 1.165) is 31.2 Å². The van der Waals surface area contributed by atoms with Crippen molar-refractivity contribution in [3.63, 3.8) is 0 Å². The molecule has 19 heavy (non-hydrogen) atoms. The highest BCUT2D eigenvalue weighted by Crippen LogP contribution is 2.30. The molecule has 1 aromatic rings. The second-order valence-corrected chi connectivity index (χ2v) is 5.35. The molecule has 0 spiro atoms. The summed E-state index contributed by atoms with van der Waals surface area (Å²) >= 11 is 0. The maximum absolute atomic E-state index is 12.2. The van der Waals surface area contributed by atoms with E-state index in [1.54, 1.807) is 30.3 Å². The van der Waals surface area contributed by atoms with Crippen LogP contribution < -0.4 is 5.73 Å². The first-order valence-corrected chi connectivity index (χ1v) is 6.67. The van der Waals surface area contributed by atoms with Gasteiger partial charge in [0.25, 0.3) is 5.91 Å². The topological polar surface area (TPSA) is 79.5 Å². The van der Waals surface area contributed by atoms with Crippen LogP contribution in [0.1, 0.15) is 41.7 Å². The van der Waals surface area contributed by atoms with Gasteiger partial charge in [0.15, 0.2) is 0 Å². The Morgan fingerprint density at radius 2 is 2.16 bits per heavy atom. The van der Waals surface area contributed by atoms with Crippen molar-refractivity contribution in [3.8, 4) is 0 Å². The number of hydrogen-bond acceptors (Lipinski definition) is 4. The molecule has 0 saturated heterocycles. The summed E-state index contributed by atoms with van der Waals surface area (Å²) in [5.74, 6) is -0.163. The SMILES string of the molecule is CN(CC1(O)CCCC1)C(=O)c1ccc(CN)cn1. The van der Waals surface area contributed by atoms with Gasteiger partial charge in [0, 0.05) is 26.3 Å². The van der Waals surface area contributed by atoms with Gasteiger partial charge in [-0.1, -0.05) is 18.9 Å². The quantitative estimate of drug-likeness (QED) is 0.846. The molecule has 1 aromatic heterocycles. The van der Waals surface area contributed by atoms with Crippen molar-refractivity contribution in [1.82, 2.24) is 9.88 Å². The van der Waals surface area contributed by atoms with Crippen LogP contribution in [0.15, 0.2) is 18.3 Å². The lowest BCUT2D eigenvalue weighted by Crippen LogP contribution is -2.42. The molecule has 1 heterocycles. The number of likely N-dealkylation sites (N-methyl/N-ethyl adjacent to an activating group) is 1. The van der Waals surface area contributed by atoms with Gasteiger partial charge in [-0.3, -0.25) is 9.78 Å². The Balaban J connectivity index is 2.01. The predicted octanol–water partition coefficient (Wildman–Crippen LogP) is 0.917. The summed E-state index contributed by atoms with van der Waals surface area (Å²) in [5, 5.41) is 10.3. The zero-order chi connectivity index (χ0) is 13.9. The van der Waals surface area contributed by atoms with E-state index in [9.17, 15) is 9.90 Å². The van der Waals surface area contributed by atoms with Crippen LogP contribution in [0.4, 0.5) is 0 Å². The van der Waals surface area contributed by atoms with E-state index in [2.05, 4.69) is 4.98 Å².